The standard InChI is InChI=1S/C24H20ClN7O2S/c1-2-32-21(26)19(22-27-9-10-28-22)20(34)15-7-8-16(30-23(15)32)14-5-3-13(4-6-14)11-18(33)31-24-29-12-17(25)35-24/h3-10,12H,2,11,26H2,1H3,(H,27,28)(H,29,31,33). The van der Waals surface area contributed by atoms with Crippen LogP contribution in [0.2, 0.25) is 4.34 Å². The first-order valence-corrected chi connectivity index (χ1v) is 12.0. The number of pyridine rings is 2. The maximum absolute atomic E-state index is 13.2. The molecule has 0 aliphatic rings. The molecule has 11 heteroatoms. The minimum absolute atomic E-state index is 0.178. The van der Waals surface area contributed by atoms with Gasteiger partial charge in [0.25, 0.3) is 0 Å². The SMILES string of the molecule is CCn1c(N)c(-c2ncc[nH]2)c(=O)c2ccc(-c3ccc(CC(=O)Nc4ncc(Cl)s4)cc3)nc21. The largest absolute Gasteiger partial charge is 0.384 e. The van der Waals surface area contributed by atoms with Gasteiger partial charge in [-0.3, -0.25) is 9.59 Å². The molecule has 0 aliphatic heterocycles. The van der Waals surface area contributed by atoms with Crippen molar-refractivity contribution in [2.75, 3.05) is 11.1 Å². The summed E-state index contributed by atoms with van der Waals surface area (Å²) in [6, 6.07) is 11.1. The van der Waals surface area contributed by atoms with Gasteiger partial charge >= 0.3 is 0 Å². The number of halogens is 1. The van der Waals surface area contributed by atoms with Crippen molar-refractivity contribution in [1.82, 2.24) is 24.5 Å². The Bertz CT molecular complexity index is 1590. The van der Waals surface area contributed by atoms with E-state index in [-0.39, 0.29) is 17.8 Å². The number of imidazole rings is 1. The van der Waals surface area contributed by atoms with Crippen molar-refractivity contribution in [2.45, 2.75) is 19.9 Å². The number of thiazole rings is 1. The number of H-pyrrole nitrogens is 1. The second-order valence-electron chi connectivity index (χ2n) is 7.73. The van der Waals surface area contributed by atoms with Crippen LogP contribution in [0, 0.1) is 0 Å². The number of hydrogen-bond acceptors (Lipinski definition) is 7. The number of nitrogen functional groups attached to an aromatic ring is 1. The van der Waals surface area contributed by atoms with Gasteiger partial charge in [0, 0.05) is 24.5 Å². The molecule has 0 unspecified atom stereocenters. The Hall–Kier alpha value is -4.02. The Kier molecular flexibility index (Phi) is 6.06. The fourth-order valence-electron chi connectivity index (χ4n) is 3.90. The van der Waals surface area contributed by atoms with Gasteiger partial charge in [0.05, 0.1) is 23.7 Å². The Labute approximate surface area is 208 Å². The highest BCUT2D eigenvalue weighted by Gasteiger charge is 2.19. The third-order valence-corrected chi connectivity index (χ3v) is 6.57. The zero-order valence-corrected chi connectivity index (χ0v) is 20.2. The first kappa shape index (κ1) is 22.8. The number of aromatic amines is 1. The molecular formula is C24H20ClN7O2S. The van der Waals surface area contributed by atoms with Gasteiger partial charge in [-0.1, -0.05) is 47.2 Å². The van der Waals surface area contributed by atoms with E-state index in [1.165, 1.54) is 17.5 Å². The van der Waals surface area contributed by atoms with E-state index in [0.29, 0.717) is 49.9 Å². The number of nitrogens with one attached hydrogen (secondary N) is 2. The van der Waals surface area contributed by atoms with Crippen molar-refractivity contribution in [3.63, 3.8) is 0 Å². The third-order valence-electron chi connectivity index (χ3n) is 5.54. The van der Waals surface area contributed by atoms with Crippen LogP contribution in [0.25, 0.3) is 33.7 Å². The maximum Gasteiger partial charge on any atom is 0.230 e. The van der Waals surface area contributed by atoms with E-state index >= 15 is 0 Å². The molecule has 5 rings (SSSR count). The summed E-state index contributed by atoms with van der Waals surface area (Å²) in [5, 5.41) is 3.67. The van der Waals surface area contributed by atoms with Gasteiger partial charge in [0.1, 0.15) is 27.2 Å². The van der Waals surface area contributed by atoms with E-state index in [4.69, 9.17) is 22.3 Å². The summed E-state index contributed by atoms with van der Waals surface area (Å²) in [5.41, 5.74) is 9.38. The van der Waals surface area contributed by atoms with Gasteiger partial charge in [0.15, 0.2) is 5.13 Å². The summed E-state index contributed by atoms with van der Waals surface area (Å²) < 4.78 is 2.32. The zero-order valence-electron chi connectivity index (χ0n) is 18.6. The zero-order chi connectivity index (χ0) is 24.5. The molecule has 176 valence electrons. The lowest BCUT2D eigenvalue weighted by Crippen LogP contribution is -2.18. The molecule has 35 heavy (non-hydrogen) atoms. The Morgan fingerprint density at radius 3 is 2.66 bits per heavy atom. The summed E-state index contributed by atoms with van der Waals surface area (Å²) >= 11 is 7.06. The van der Waals surface area contributed by atoms with Crippen LogP contribution in [-0.4, -0.2) is 30.4 Å². The number of amides is 1. The van der Waals surface area contributed by atoms with E-state index in [1.54, 1.807) is 24.5 Å². The van der Waals surface area contributed by atoms with Crippen LogP contribution in [0.1, 0.15) is 12.5 Å². The second kappa shape index (κ2) is 9.32. The molecule has 1 amide bonds. The molecule has 0 saturated carbocycles. The minimum Gasteiger partial charge on any atom is -0.384 e. The summed E-state index contributed by atoms with van der Waals surface area (Å²) in [6.07, 6.45) is 4.93. The monoisotopic (exact) mass is 505 g/mol. The number of benzene rings is 1. The highest BCUT2D eigenvalue weighted by Crippen LogP contribution is 2.27. The quantitative estimate of drug-likeness (QED) is 0.314. The highest BCUT2D eigenvalue weighted by molar-refractivity contribution is 7.19. The fraction of sp³-hybridized carbons (Fsp3) is 0.125. The molecule has 1 aromatic carbocycles. The average molecular weight is 506 g/mol. The Balaban J connectivity index is 1.44. The van der Waals surface area contributed by atoms with Crippen LogP contribution in [-0.2, 0) is 17.8 Å². The summed E-state index contributed by atoms with van der Waals surface area (Å²) in [4.78, 5) is 41.4. The summed E-state index contributed by atoms with van der Waals surface area (Å²) in [5.74, 6) is 0.563. The molecule has 0 spiro atoms. The molecule has 5 aromatic rings. The van der Waals surface area contributed by atoms with Crippen LogP contribution < -0.4 is 16.5 Å². The number of nitrogens with two attached hydrogens (primary N) is 1. The van der Waals surface area contributed by atoms with E-state index in [9.17, 15) is 9.59 Å². The van der Waals surface area contributed by atoms with Gasteiger partial charge in [0.2, 0.25) is 11.3 Å². The van der Waals surface area contributed by atoms with E-state index in [0.717, 1.165) is 11.1 Å². The highest BCUT2D eigenvalue weighted by atomic mass is 35.5. The van der Waals surface area contributed by atoms with E-state index in [2.05, 4.69) is 20.3 Å². The Morgan fingerprint density at radius 1 is 1.20 bits per heavy atom. The number of aryl methyl sites for hydroxylation is 1. The van der Waals surface area contributed by atoms with E-state index < -0.39 is 0 Å². The molecule has 4 heterocycles. The van der Waals surface area contributed by atoms with Crippen molar-refractivity contribution in [3.8, 4) is 22.6 Å². The molecule has 0 saturated heterocycles. The molecular weight excluding hydrogens is 486 g/mol. The first-order chi connectivity index (χ1) is 16.9. The van der Waals surface area contributed by atoms with Crippen molar-refractivity contribution in [2.24, 2.45) is 0 Å². The van der Waals surface area contributed by atoms with Gasteiger partial charge in [-0.2, -0.15) is 0 Å². The van der Waals surface area contributed by atoms with Crippen LogP contribution in [0.5, 0.6) is 0 Å². The first-order valence-electron chi connectivity index (χ1n) is 10.8. The fourth-order valence-corrected chi connectivity index (χ4v) is 4.73. The number of hydrogen-bond donors (Lipinski definition) is 3. The number of anilines is 2. The number of carbonyl (C=O) groups is 1. The van der Waals surface area contributed by atoms with Crippen LogP contribution in [0.4, 0.5) is 10.9 Å². The van der Waals surface area contributed by atoms with Gasteiger partial charge in [-0.25, -0.2) is 15.0 Å². The molecule has 0 atom stereocenters. The topological polar surface area (TPSA) is 132 Å². The Morgan fingerprint density at radius 2 is 2.00 bits per heavy atom. The second-order valence-corrected chi connectivity index (χ2v) is 9.39. The third kappa shape index (κ3) is 4.41. The number of rotatable bonds is 6. The average Bonchev–Trinajstić information content (AvgIpc) is 3.51. The molecule has 9 nitrogen and oxygen atoms in total. The van der Waals surface area contributed by atoms with Crippen molar-refractivity contribution in [3.05, 3.63) is 75.1 Å². The number of fused-ring (bicyclic) bond motifs is 1. The van der Waals surface area contributed by atoms with Gasteiger partial charge in [-0.15, -0.1) is 0 Å². The van der Waals surface area contributed by atoms with Gasteiger partial charge < -0.3 is 20.6 Å². The van der Waals surface area contributed by atoms with Crippen molar-refractivity contribution >= 4 is 50.8 Å². The van der Waals surface area contributed by atoms with Crippen molar-refractivity contribution in [1.29, 1.82) is 0 Å². The lowest BCUT2D eigenvalue weighted by molar-refractivity contribution is -0.115. The maximum atomic E-state index is 13.2. The van der Waals surface area contributed by atoms with Crippen molar-refractivity contribution < 1.29 is 4.79 Å². The molecule has 0 fully saturated rings. The lowest BCUT2D eigenvalue weighted by atomic mass is 10.1. The minimum atomic E-state index is -0.223. The van der Waals surface area contributed by atoms with Crippen LogP contribution in [0.3, 0.4) is 0 Å². The molecule has 0 aliphatic carbocycles. The summed E-state index contributed by atoms with van der Waals surface area (Å²) in [7, 11) is 0. The molecule has 0 radical (unpaired) electrons. The van der Waals surface area contributed by atoms with E-state index in [1.807, 2.05) is 35.8 Å². The number of aromatic nitrogens is 5. The number of carbonyl (C=O) groups excluding carboxylic acids is 1. The molecule has 4 N–H and O–H groups in total. The van der Waals surface area contributed by atoms with Crippen LogP contribution >= 0.6 is 22.9 Å². The molecule has 0 bridgehead atoms. The number of nitrogens with zero attached hydrogens (tertiary/aromatic N) is 4. The molecule has 4 aromatic heterocycles. The summed E-state index contributed by atoms with van der Waals surface area (Å²) in [6.45, 7) is 2.48. The predicted molar refractivity (Wildman–Crippen MR) is 139 cm³/mol. The normalized spacial score (nSPS) is 11.1. The predicted octanol–water partition coefficient (Wildman–Crippen LogP) is 4.35. The van der Waals surface area contributed by atoms with Gasteiger partial charge in [-0.05, 0) is 24.6 Å². The smallest absolute Gasteiger partial charge is 0.230 e. The lowest BCUT2D eigenvalue weighted by Gasteiger charge is -2.15. The van der Waals surface area contributed by atoms with Crippen LogP contribution in [0.15, 0.2) is 59.8 Å².